The summed E-state index contributed by atoms with van der Waals surface area (Å²) >= 11 is 0. The fourth-order valence-corrected chi connectivity index (χ4v) is 5.28. The van der Waals surface area contributed by atoms with E-state index < -0.39 is 12.0 Å². The van der Waals surface area contributed by atoms with Gasteiger partial charge in [0.2, 0.25) is 0 Å². The summed E-state index contributed by atoms with van der Waals surface area (Å²) in [6.07, 6.45) is 4.55. The van der Waals surface area contributed by atoms with Gasteiger partial charge in [-0.05, 0) is 55.9 Å². The van der Waals surface area contributed by atoms with Gasteiger partial charge in [0.15, 0.2) is 12.6 Å². The molecule has 200 valence electrons. The van der Waals surface area contributed by atoms with Gasteiger partial charge in [0.25, 0.3) is 5.91 Å². The van der Waals surface area contributed by atoms with Crippen molar-refractivity contribution in [2.75, 3.05) is 39.2 Å². The van der Waals surface area contributed by atoms with Crippen LogP contribution < -0.4 is 10.1 Å². The number of ether oxygens (including phenoxy) is 3. The summed E-state index contributed by atoms with van der Waals surface area (Å²) in [4.78, 5) is 39.4. The molecule has 1 unspecified atom stereocenters. The molecule has 0 bridgehead atoms. The lowest BCUT2D eigenvalue weighted by Crippen LogP contribution is -2.62. The van der Waals surface area contributed by atoms with E-state index in [1.165, 1.54) is 14.2 Å². The quantitative estimate of drug-likeness (QED) is 0.369. The van der Waals surface area contributed by atoms with Crippen molar-refractivity contribution in [3.05, 3.63) is 59.2 Å². The summed E-state index contributed by atoms with van der Waals surface area (Å²) in [5.74, 6) is -0.597. The first-order chi connectivity index (χ1) is 17.8. The number of nitrogens with one attached hydrogen (secondary N) is 1. The molecule has 1 aliphatic heterocycles. The first kappa shape index (κ1) is 28.2. The first-order valence-electron chi connectivity index (χ1n) is 13.0. The molecule has 0 aromatic heterocycles. The summed E-state index contributed by atoms with van der Waals surface area (Å²) < 4.78 is 16.2. The molecule has 1 heterocycles. The van der Waals surface area contributed by atoms with Crippen molar-refractivity contribution in [2.24, 2.45) is 0 Å². The fourth-order valence-electron chi connectivity index (χ4n) is 5.28. The minimum Gasteiger partial charge on any atom is -0.497 e. The number of carbonyl (C=O) groups is 3. The Balaban J connectivity index is 1.86. The zero-order valence-electron chi connectivity index (χ0n) is 22.4. The topological polar surface area (TPSA) is 90.9 Å². The maximum Gasteiger partial charge on any atom is 0.362 e. The van der Waals surface area contributed by atoms with Gasteiger partial charge in [-0.3, -0.25) is 4.79 Å². The highest BCUT2D eigenvalue weighted by atomic mass is 16.5. The van der Waals surface area contributed by atoms with Gasteiger partial charge in [0.1, 0.15) is 12.4 Å². The molecule has 0 radical (unpaired) electrons. The SMILES string of the molecule is CCC(C(=O)Nc1c(C)cc(OC)cc1C(=O)OC)[N+]1(CC(=O)OCc2ccccc2)CCCCCC1. The van der Waals surface area contributed by atoms with Crippen molar-refractivity contribution in [3.63, 3.8) is 0 Å². The predicted octanol–water partition coefficient (Wildman–Crippen LogP) is 4.64. The third-order valence-electron chi connectivity index (χ3n) is 7.19. The number of benzene rings is 2. The highest BCUT2D eigenvalue weighted by Crippen LogP contribution is 2.30. The lowest BCUT2D eigenvalue weighted by atomic mass is 10.0. The van der Waals surface area contributed by atoms with E-state index in [0.717, 1.165) is 44.3 Å². The van der Waals surface area contributed by atoms with Crippen molar-refractivity contribution in [3.8, 4) is 5.75 Å². The first-order valence-corrected chi connectivity index (χ1v) is 13.0. The molecule has 37 heavy (non-hydrogen) atoms. The molecular weight excluding hydrogens is 472 g/mol. The molecule has 1 atom stereocenters. The third kappa shape index (κ3) is 7.10. The fraction of sp³-hybridized carbons (Fsp3) is 0.483. The molecule has 2 aromatic carbocycles. The number of carbonyl (C=O) groups excluding carboxylic acids is 3. The molecule has 1 aliphatic rings. The Morgan fingerprint density at radius 3 is 2.27 bits per heavy atom. The zero-order valence-corrected chi connectivity index (χ0v) is 22.4. The van der Waals surface area contributed by atoms with E-state index in [1.807, 2.05) is 44.2 Å². The van der Waals surface area contributed by atoms with E-state index in [2.05, 4.69) is 5.32 Å². The Morgan fingerprint density at radius 2 is 1.68 bits per heavy atom. The van der Waals surface area contributed by atoms with E-state index in [9.17, 15) is 14.4 Å². The number of nitrogens with zero attached hydrogens (tertiary/aromatic N) is 1. The van der Waals surface area contributed by atoms with Gasteiger partial charge in [-0.2, -0.15) is 0 Å². The number of quaternary nitrogens is 1. The van der Waals surface area contributed by atoms with Crippen LogP contribution in [0.4, 0.5) is 5.69 Å². The van der Waals surface area contributed by atoms with Gasteiger partial charge in [-0.15, -0.1) is 0 Å². The van der Waals surface area contributed by atoms with E-state index in [0.29, 0.717) is 27.9 Å². The minimum atomic E-state index is -0.562. The highest BCUT2D eigenvalue weighted by molar-refractivity contribution is 6.03. The lowest BCUT2D eigenvalue weighted by molar-refractivity contribution is -0.935. The van der Waals surface area contributed by atoms with Crippen molar-refractivity contribution < 1.29 is 33.1 Å². The summed E-state index contributed by atoms with van der Waals surface area (Å²) in [6.45, 7) is 5.55. The molecule has 3 rings (SSSR count). The lowest BCUT2D eigenvalue weighted by Gasteiger charge is -2.42. The second-order valence-corrected chi connectivity index (χ2v) is 9.66. The standard InChI is InChI=1S/C29H38N2O6/c1-5-25(28(33)30-27-21(2)17-23(35-3)18-24(27)29(34)36-4)31(15-11-6-7-12-16-31)19-26(32)37-20-22-13-9-8-10-14-22/h8-10,13-14,17-18,25H,5-7,11-12,15-16,19-20H2,1-4H3/p+1. The molecule has 1 fully saturated rings. The van der Waals surface area contributed by atoms with E-state index in [4.69, 9.17) is 14.2 Å². The Bertz CT molecular complexity index is 1080. The van der Waals surface area contributed by atoms with Gasteiger partial charge < -0.3 is 24.0 Å². The van der Waals surface area contributed by atoms with Gasteiger partial charge in [-0.25, -0.2) is 9.59 Å². The Kier molecular flexibility index (Phi) is 10.1. The molecule has 2 aromatic rings. The van der Waals surface area contributed by atoms with Crippen LogP contribution in [0.2, 0.25) is 0 Å². The van der Waals surface area contributed by atoms with Crippen molar-refractivity contribution >= 4 is 23.5 Å². The monoisotopic (exact) mass is 511 g/mol. The van der Waals surface area contributed by atoms with Crippen molar-refractivity contribution in [2.45, 2.75) is 58.6 Å². The molecule has 0 aliphatic carbocycles. The van der Waals surface area contributed by atoms with Crippen LogP contribution >= 0.6 is 0 Å². The number of anilines is 1. The third-order valence-corrected chi connectivity index (χ3v) is 7.19. The largest absolute Gasteiger partial charge is 0.497 e. The second-order valence-electron chi connectivity index (χ2n) is 9.66. The van der Waals surface area contributed by atoms with E-state index in [-0.39, 0.29) is 30.6 Å². The second kappa shape index (κ2) is 13.2. The van der Waals surface area contributed by atoms with Gasteiger partial charge in [-0.1, -0.05) is 37.3 Å². The molecule has 0 spiro atoms. The van der Waals surface area contributed by atoms with Crippen LogP contribution in [0.25, 0.3) is 0 Å². The van der Waals surface area contributed by atoms with Gasteiger partial charge >= 0.3 is 11.9 Å². The maximum absolute atomic E-state index is 13.8. The summed E-state index contributed by atoms with van der Waals surface area (Å²) in [7, 11) is 2.82. The average molecular weight is 512 g/mol. The molecule has 0 saturated carbocycles. The molecular formula is C29H39N2O6+. The Hall–Kier alpha value is -3.39. The smallest absolute Gasteiger partial charge is 0.362 e. The number of aryl methyl sites for hydroxylation is 1. The van der Waals surface area contributed by atoms with E-state index in [1.54, 1.807) is 12.1 Å². The number of hydrogen-bond donors (Lipinski definition) is 1. The van der Waals surface area contributed by atoms with Crippen LogP contribution in [0.3, 0.4) is 0 Å². The van der Waals surface area contributed by atoms with Gasteiger partial charge in [0.05, 0.1) is 38.6 Å². The summed E-state index contributed by atoms with van der Waals surface area (Å²) in [5, 5.41) is 3.01. The maximum atomic E-state index is 13.8. The summed E-state index contributed by atoms with van der Waals surface area (Å²) in [5.41, 5.74) is 2.24. The van der Waals surface area contributed by atoms with Crippen LogP contribution in [-0.2, 0) is 25.7 Å². The van der Waals surface area contributed by atoms with Crippen LogP contribution in [0, 0.1) is 6.92 Å². The van der Waals surface area contributed by atoms with Crippen molar-refractivity contribution in [1.29, 1.82) is 0 Å². The Morgan fingerprint density at radius 1 is 1.00 bits per heavy atom. The summed E-state index contributed by atoms with van der Waals surface area (Å²) in [6, 6.07) is 12.4. The molecule has 1 saturated heterocycles. The normalized spacial score (nSPS) is 15.7. The van der Waals surface area contributed by atoms with Crippen LogP contribution in [0.1, 0.15) is 60.5 Å². The number of amides is 1. The number of esters is 2. The predicted molar refractivity (Wildman–Crippen MR) is 141 cm³/mol. The number of rotatable bonds is 10. The molecule has 1 N–H and O–H groups in total. The highest BCUT2D eigenvalue weighted by Gasteiger charge is 2.43. The van der Waals surface area contributed by atoms with Crippen molar-refractivity contribution in [1.82, 2.24) is 0 Å². The van der Waals surface area contributed by atoms with Gasteiger partial charge in [0, 0.05) is 6.42 Å². The van der Waals surface area contributed by atoms with Crippen LogP contribution in [-0.4, -0.2) is 62.2 Å². The average Bonchev–Trinajstić information content (AvgIpc) is 3.14. The van der Waals surface area contributed by atoms with Crippen LogP contribution in [0.5, 0.6) is 5.75 Å². The number of methoxy groups -OCH3 is 2. The number of likely N-dealkylation sites (tertiary alicyclic amines) is 1. The Labute approximate surface area is 219 Å². The molecule has 8 nitrogen and oxygen atoms in total. The molecule has 8 heteroatoms. The van der Waals surface area contributed by atoms with Crippen LogP contribution in [0.15, 0.2) is 42.5 Å². The van der Waals surface area contributed by atoms with E-state index >= 15 is 0 Å². The molecule has 1 amide bonds. The minimum absolute atomic E-state index is 0.129. The number of hydrogen-bond acceptors (Lipinski definition) is 6. The zero-order chi connectivity index (χ0) is 26.8.